The van der Waals surface area contributed by atoms with Crippen molar-refractivity contribution in [3.8, 4) is 0 Å². The molecule has 166 valence electrons. The Hall–Kier alpha value is -3.38. The van der Waals surface area contributed by atoms with Gasteiger partial charge in [0.25, 0.3) is 11.7 Å². The van der Waals surface area contributed by atoms with Crippen molar-refractivity contribution in [2.45, 2.75) is 19.9 Å². The number of hydrogen-bond acceptors (Lipinski definition) is 4. The largest absolute Gasteiger partial charge is 0.507 e. The fraction of sp³-hybridized carbons (Fsp3) is 0.308. The predicted molar refractivity (Wildman–Crippen MR) is 126 cm³/mol. The maximum atomic E-state index is 13.2. The molecule has 1 amide bonds. The summed E-state index contributed by atoms with van der Waals surface area (Å²) in [6, 6.07) is 12.8. The van der Waals surface area contributed by atoms with Crippen molar-refractivity contribution in [2.24, 2.45) is 7.05 Å². The van der Waals surface area contributed by atoms with Gasteiger partial charge in [0.2, 0.25) is 0 Å². The number of para-hydroxylation sites is 1. The van der Waals surface area contributed by atoms with E-state index >= 15 is 0 Å². The summed E-state index contributed by atoms with van der Waals surface area (Å²) in [5.41, 5.74) is 4.65. The number of carbonyl (C=O) groups excluding carboxylic acids is 2. The molecule has 2 heterocycles. The van der Waals surface area contributed by atoms with E-state index in [9.17, 15) is 14.7 Å². The van der Waals surface area contributed by atoms with E-state index in [1.807, 2.05) is 87.1 Å². The molecule has 6 nitrogen and oxygen atoms in total. The van der Waals surface area contributed by atoms with E-state index in [0.29, 0.717) is 18.7 Å². The number of likely N-dealkylation sites (tertiary alicyclic amines) is 1. The van der Waals surface area contributed by atoms with E-state index in [0.717, 1.165) is 27.6 Å². The number of carbonyl (C=O) groups is 2. The van der Waals surface area contributed by atoms with Crippen molar-refractivity contribution >= 4 is 28.4 Å². The molecule has 0 spiro atoms. The number of aryl methyl sites for hydroxylation is 3. The Morgan fingerprint density at radius 1 is 1.06 bits per heavy atom. The Kier molecular flexibility index (Phi) is 5.65. The molecule has 1 saturated heterocycles. The number of Topliss-reactive ketones (excluding diaryl/α,β-unsaturated/α-hetero) is 1. The molecular weight excluding hydrogens is 402 g/mol. The van der Waals surface area contributed by atoms with Crippen LogP contribution in [0.3, 0.4) is 0 Å². The highest BCUT2D eigenvalue weighted by atomic mass is 16.3. The maximum Gasteiger partial charge on any atom is 0.295 e. The standard InChI is InChI=1S/C26H29N3O3/c1-16-10-11-18(14-17(16)2)24(30)22-23(29(13-12-27(3)4)26(32)25(22)31)20-15-28(5)21-9-7-6-8-19(20)21/h6-11,14-15,23,30H,12-13H2,1-5H3/b24-22+. The average Bonchev–Trinajstić information content (AvgIpc) is 3.22. The Balaban J connectivity index is 1.95. The summed E-state index contributed by atoms with van der Waals surface area (Å²) in [4.78, 5) is 29.9. The molecule has 32 heavy (non-hydrogen) atoms. The predicted octanol–water partition coefficient (Wildman–Crippen LogP) is 3.78. The number of aliphatic hydroxyl groups excluding tert-OH is 1. The third-order valence-electron chi connectivity index (χ3n) is 6.33. The minimum Gasteiger partial charge on any atom is -0.507 e. The number of aromatic nitrogens is 1. The molecule has 0 saturated carbocycles. The smallest absolute Gasteiger partial charge is 0.295 e. The normalized spacial score (nSPS) is 18.3. The van der Waals surface area contributed by atoms with Crippen LogP contribution in [-0.2, 0) is 16.6 Å². The lowest BCUT2D eigenvalue weighted by Gasteiger charge is -2.26. The highest BCUT2D eigenvalue weighted by Crippen LogP contribution is 2.42. The molecule has 0 aliphatic carbocycles. The minimum atomic E-state index is -0.650. The van der Waals surface area contributed by atoms with Gasteiger partial charge < -0.3 is 19.5 Å². The molecule has 6 heteroatoms. The van der Waals surface area contributed by atoms with Gasteiger partial charge in [0.1, 0.15) is 5.76 Å². The first-order valence-corrected chi connectivity index (χ1v) is 10.8. The van der Waals surface area contributed by atoms with Crippen LogP contribution in [0, 0.1) is 13.8 Å². The van der Waals surface area contributed by atoms with Crippen LogP contribution in [-0.4, -0.2) is 58.3 Å². The molecular formula is C26H29N3O3. The summed E-state index contributed by atoms with van der Waals surface area (Å²) in [5, 5.41) is 12.3. The number of ketones is 1. The number of aliphatic hydroxyl groups is 1. The second kappa shape index (κ2) is 8.28. The summed E-state index contributed by atoms with van der Waals surface area (Å²) in [6.07, 6.45) is 1.96. The van der Waals surface area contributed by atoms with Gasteiger partial charge in [-0.05, 0) is 51.2 Å². The monoisotopic (exact) mass is 431 g/mol. The van der Waals surface area contributed by atoms with Crippen LogP contribution in [0.4, 0.5) is 0 Å². The van der Waals surface area contributed by atoms with Crippen LogP contribution in [0.2, 0.25) is 0 Å². The van der Waals surface area contributed by atoms with Gasteiger partial charge in [-0.1, -0.05) is 30.3 Å². The summed E-state index contributed by atoms with van der Waals surface area (Å²) < 4.78 is 1.99. The van der Waals surface area contributed by atoms with Gasteiger partial charge >= 0.3 is 0 Å². The number of nitrogens with zero attached hydrogens (tertiary/aromatic N) is 3. The summed E-state index contributed by atoms with van der Waals surface area (Å²) in [5.74, 6) is -1.34. The summed E-state index contributed by atoms with van der Waals surface area (Å²) in [7, 11) is 5.80. The molecule has 1 aliphatic heterocycles. The Bertz CT molecular complexity index is 1250. The van der Waals surface area contributed by atoms with Crippen molar-refractivity contribution in [1.82, 2.24) is 14.4 Å². The first-order valence-electron chi connectivity index (χ1n) is 10.8. The number of likely N-dealkylation sites (N-methyl/N-ethyl adjacent to an activating group) is 1. The lowest BCUT2D eigenvalue weighted by atomic mass is 9.94. The highest BCUT2D eigenvalue weighted by molar-refractivity contribution is 6.46. The van der Waals surface area contributed by atoms with Crippen molar-refractivity contribution in [3.05, 3.63) is 76.5 Å². The molecule has 1 unspecified atom stereocenters. The third-order valence-corrected chi connectivity index (χ3v) is 6.33. The second-order valence-corrected chi connectivity index (χ2v) is 8.81. The van der Waals surface area contributed by atoms with E-state index < -0.39 is 17.7 Å². The Morgan fingerprint density at radius 3 is 2.47 bits per heavy atom. The molecule has 1 aromatic heterocycles. The van der Waals surface area contributed by atoms with Crippen LogP contribution in [0.15, 0.2) is 54.2 Å². The van der Waals surface area contributed by atoms with Gasteiger partial charge in [-0.15, -0.1) is 0 Å². The van der Waals surface area contributed by atoms with Crippen LogP contribution in [0.5, 0.6) is 0 Å². The quantitative estimate of drug-likeness (QED) is 0.379. The van der Waals surface area contributed by atoms with Crippen molar-refractivity contribution in [1.29, 1.82) is 0 Å². The summed E-state index contributed by atoms with van der Waals surface area (Å²) >= 11 is 0. The van der Waals surface area contributed by atoms with Crippen LogP contribution in [0.1, 0.15) is 28.3 Å². The zero-order chi connectivity index (χ0) is 23.2. The van der Waals surface area contributed by atoms with Gasteiger partial charge in [0, 0.05) is 48.4 Å². The first-order chi connectivity index (χ1) is 15.2. The highest BCUT2D eigenvalue weighted by Gasteiger charge is 2.46. The van der Waals surface area contributed by atoms with Crippen LogP contribution in [0.25, 0.3) is 16.7 Å². The molecule has 0 bridgehead atoms. The lowest BCUT2D eigenvalue weighted by molar-refractivity contribution is -0.140. The van der Waals surface area contributed by atoms with Crippen molar-refractivity contribution in [3.63, 3.8) is 0 Å². The fourth-order valence-corrected chi connectivity index (χ4v) is 4.38. The number of rotatable bonds is 5. The van der Waals surface area contributed by atoms with Gasteiger partial charge in [-0.2, -0.15) is 0 Å². The van der Waals surface area contributed by atoms with E-state index in [2.05, 4.69) is 0 Å². The maximum absolute atomic E-state index is 13.2. The van der Waals surface area contributed by atoms with E-state index in [1.165, 1.54) is 0 Å². The number of hydrogen-bond donors (Lipinski definition) is 1. The van der Waals surface area contributed by atoms with Gasteiger partial charge in [-0.3, -0.25) is 9.59 Å². The van der Waals surface area contributed by atoms with E-state index in [1.54, 1.807) is 11.0 Å². The van der Waals surface area contributed by atoms with E-state index in [-0.39, 0.29) is 11.3 Å². The zero-order valence-electron chi connectivity index (χ0n) is 19.2. The van der Waals surface area contributed by atoms with E-state index in [4.69, 9.17) is 0 Å². The fourth-order valence-electron chi connectivity index (χ4n) is 4.38. The third kappa shape index (κ3) is 3.60. The lowest BCUT2D eigenvalue weighted by Crippen LogP contribution is -2.35. The number of fused-ring (bicyclic) bond motifs is 1. The molecule has 1 N–H and O–H groups in total. The SMILES string of the molecule is Cc1ccc(/C(O)=C2\C(=O)C(=O)N(CCN(C)C)C2c2cn(C)c3ccccc23)cc1C. The van der Waals surface area contributed by atoms with Crippen molar-refractivity contribution in [2.75, 3.05) is 27.2 Å². The van der Waals surface area contributed by atoms with Gasteiger partial charge in [0.05, 0.1) is 11.6 Å². The van der Waals surface area contributed by atoms with Gasteiger partial charge in [0.15, 0.2) is 0 Å². The minimum absolute atomic E-state index is 0.128. The number of amides is 1. The molecule has 4 rings (SSSR count). The topological polar surface area (TPSA) is 65.8 Å². The van der Waals surface area contributed by atoms with Crippen LogP contribution < -0.4 is 0 Å². The van der Waals surface area contributed by atoms with Crippen LogP contribution >= 0.6 is 0 Å². The first kappa shape index (κ1) is 21.8. The van der Waals surface area contributed by atoms with Gasteiger partial charge in [-0.25, -0.2) is 0 Å². The Morgan fingerprint density at radius 2 is 1.78 bits per heavy atom. The number of benzene rings is 2. The average molecular weight is 432 g/mol. The molecule has 1 fully saturated rings. The molecule has 1 atom stereocenters. The zero-order valence-corrected chi connectivity index (χ0v) is 19.2. The van der Waals surface area contributed by atoms with Crippen molar-refractivity contribution < 1.29 is 14.7 Å². The molecule has 1 aliphatic rings. The molecule has 0 radical (unpaired) electrons. The second-order valence-electron chi connectivity index (χ2n) is 8.81. The molecule has 2 aromatic carbocycles. The Labute approximate surface area is 188 Å². The molecule has 3 aromatic rings. The summed E-state index contributed by atoms with van der Waals surface area (Å²) in [6.45, 7) is 4.95.